The lowest BCUT2D eigenvalue weighted by Gasteiger charge is -2.28. The molecule has 48 heavy (non-hydrogen) atoms. The molecule has 8 N–H and O–H groups in total. The molecule has 0 fully saturated rings. The smallest absolute Gasteiger partial charge is 0.317 e. The maximum atomic E-state index is 12.8. The number of pyridine rings is 1. The van der Waals surface area contributed by atoms with E-state index in [9.17, 15) is 28.8 Å². The van der Waals surface area contributed by atoms with Crippen LogP contribution in [0.4, 0.5) is 0 Å². The second-order valence-electron chi connectivity index (χ2n) is 10.8. The molecule has 0 aliphatic carbocycles. The first-order valence-corrected chi connectivity index (χ1v) is 14.8. The van der Waals surface area contributed by atoms with Crippen LogP contribution in [-0.2, 0) is 53.2 Å². The summed E-state index contributed by atoms with van der Waals surface area (Å²) in [6.07, 6.45) is 3.54. The molecule has 0 unspecified atom stereocenters. The van der Waals surface area contributed by atoms with E-state index in [1.807, 2.05) is 6.07 Å². The molecule has 2 amide bonds. The predicted octanol–water partition coefficient (Wildman–Crippen LogP) is -1.94. The lowest BCUT2D eigenvalue weighted by atomic mass is 10.1. The summed E-state index contributed by atoms with van der Waals surface area (Å²) in [7, 11) is 0. The van der Waals surface area contributed by atoms with E-state index in [2.05, 4.69) is 15.8 Å². The van der Waals surface area contributed by atoms with Crippen molar-refractivity contribution in [2.75, 3.05) is 58.9 Å². The molecule has 18 heteroatoms. The first-order valence-electron chi connectivity index (χ1n) is 14.8. The Morgan fingerprint density at radius 2 is 1.21 bits per heavy atom. The van der Waals surface area contributed by atoms with Crippen molar-refractivity contribution in [3.63, 3.8) is 0 Å². The van der Waals surface area contributed by atoms with Crippen molar-refractivity contribution in [2.45, 2.75) is 25.6 Å². The number of carbonyl (C=O) groups excluding carboxylic acids is 2. The lowest BCUT2D eigenvalue weighted by Crippen LogP contribution is -2.47. The van der Waals surface area contributed by atoms with Crippen LogP contribution in [0, 0.1) is 0 Å². The maximum Gasteiger partial charge on any atom is 0.317 e. The van der Waals surface area contributed by atoms with Crippen LogP contribution in [0.3, 0.4) is 0 Å². The zero-order valence-corrected chi connectivity index (χ0v) is 26.2. The molecule has 1 aromatic carbocycles. The largest absolute Gasteiger partial charge is 0.480 e. The molecule has 18 nitrogen and oxygen atoms in total. The highest BCUT2D eigenvalue weighted by Crippen LogP contribution is 2.06. The number of benzene rings is 1. The van der Waals surface area contributed by atoms with E-state index in [0.717, 1.165) is 26.5 Å². The number of amides is 2. The molecule has 0 saturated heterocycles. The van der Waals surface area contributed by atoms with Gasteiger partial charge >= 0.3 is 23.9 Å². The molecule has 1 aromatic heterocycles. The number of aromatic nitrogens is 1. The van der Waals surface area contributed by atoms with Crippen LogP contribution >= 0.6 is 0 Å². The number of carboxylic acid groups (broad SMARTS) is 4. The van der Waals surface area contributed by atoms with Crippen molar-refractivity contribution in [1.82, 2.24) is 30.5 Å². The molecule has 1 atom stereocenters. The Kier molecular flexibility index (Phi) is 17.1. The normalized spacial score (nSPS) is 11.8. The van der Waals surface area contributed by atoms with Crippen LogP contribution in [0.5, 0.6) is 0 Å². The Labute approximate surface area is 276 Å². The Bertz CT molecular complexity index is 1290. The third-order valence-electron chi connectivity index (χ3n) is 6.71. The van der Waals surface area contributed by atoms with E-state index < -0.39 is 67.9 Å². The summed E-state index contributed by atoms with van der Waals surface area (Å²) in [6, 6.07) is 9.72. The summed E-state index contributed by atoms with van der Waals surface area (Å²) >= 11 is 0. The molecular formula is C30H41N7O11. The number of nitrogens with two attached hydrogens (primary N) is 1. The average Bonchev–Trinajstić information content (AvgIpc) is 3.01. The number of aliphatic carboxylic acids is 4. The van der Waals surface area contributed by atoms with Gasteiger partial charge in [-0.15, -0.1) is 0 Å². The summed E-state index contributed by atoms with van der Waals surface area (Å²) in [6.45, 7) is -2.20. The second-order valence-corrected chi connectivity index (χ2v) is 10.8. The minimum Gasteiger partial charge on any atom is -0.480 e. The third kappa shape index (κ3) is 17.1. The first kappa shape index (κ1) is 39.2. The van der Waals surface area contributed by atoms with Gasteiger partial charge in [0.15, 0.2) is 0 Å². The average molecular weight is 676 g/mol. The van der Waals surface area contributed by atoms with Gasteiger partial charge in [0.25, 0.3) is 5.91 Å². The minimum atomic E-state index is -1.24. The molecule has 0 radical (unpaired) electrons. The van der Waals surface area contributed by atoms with Crippen LogP contribution in [0.1, 0.15) is 16.7 Å². The van der Waals surface area contributed by atoms with Gasteiger partial charge in [-0.25, -0.2) is 5.48 Å². The molecule has 2 aromatic rings. The van der Waals surface area contributed by atoms with Gasteiger partial charge in [0.2, 0.25) is 5.91 Å². The van der Waals surface area contributed by atoms with Crippen LogP contribution in [0.25, 0.3) is 0 Å². The topological polar surface area (TPSA) is 265 Å². The van der Waals surface area contributed by atoms with E-state index in [4.69, 9.17) is 31.0 Å². The summed E-state index contributed by atoms with van der Waals surface area (Å²) in [4.78, 5) is 82.9. The second kappa shape index (κ2) is 21.0. The molecule has 0 saturated carbocycles. The molecule has 262 valence electrons. The van der Waals surface area contributed by atoms with Gasteiger partial charge in [-0.3, -0.25) is 53.3 Å². The Morgan fingerprint density at radius 1 is 0.708 bits per heavy atom. The Hall–Kier alpha value is -5.01. The van der Waals surface area contributed by atoms with Crippen LogP contribution < -0.4 is 16.5 Å². The molecule has 0 aliphatic rings. The highest BCUT2D eigenvalue weighted by atomic mass is 16.6. The fourth-order valence-electron chi connectivity index (χ4n) is 4.37. The minimum absolute atomic E-state index is 0.0375. The van der Waals surface area contributed by atoms with Gasteiger partial charge < -0.3 is 31.5 Å². The van der Waals surface area contributed by atoms with Gasteiger partial charge in [0, 0.05) is 45.1 Å². The number of hydrogen-bond acceptors (Lipinski definition) is 12. The molecule has 1 heterocycles. The van der Waals surface area contributed by atoms with Crippen LogP contribution in [-0.4, -0.2) is 141 Å². The zero-order chi connectivity index (χ0) is 35.5. The fraction of sp³-hybridized carbons (Fsp3) is 0.433. The summed E-state index contributed by atoms with van der Waals surface area (Å²) in [5, 5.41) is 39.2. The highest BCUT2D eigenvalue weighted by Gasteiger charge is 2.20. The van der Waals surface area contributed by atoms with Gasteiger partial charge in [0.1, 0.15) is 0 Å². The number of hydrogen-bond donors (Lipinski definition) is 7. The van der Waals surface area contributed by atoms with E-state index in [0.29, 0.717) is 6.42 Å². The number of rotatable bonds is 24. The first-order chi connectivity index (χ1) is 22.8. The van der Waals surface area contributed by atoms with Crippen molar-refractivity contribution < 1.29 is 54.0 Å². The van der Waals surface area contributed by atoms with Crippen molar-refractivity contribution >= 4 is 35.7 Å². The standard InChI is InChI=1S/C30H41N7O11/c31-24(12-23-2-1-7-32-13-23)30(47)34-48-20-22-5-3-21(4-6-22)14-33-25(38)15-35(8-10-36(16-26(39)40)17-27(41)42)9-11-37(18-28(43)44)19-29(45)46/h1-7,13,24H,8-12,14-20,31H2,(H,33,38)(H,34,47)(H,39,40)(H,41,42)(H,43,44)(H,45,46)/t24-/m1/s1. The molecular weight excluding hydrogens is 634 g/mol. The maximum absolute atomic E-state index is 12.8. The fourth-order valence-corrected chi connectivity index (χ4v) is 4.37. The SMILES string of the molecule is N[C@H](Cc1cccnc1)C(=O)NOCc1ccc(CNC(=O)CN(CCN(CC(=O)O)CC(=O)O)CCN(CC(=O)O)CC(=O)O)cc1. The molecule has 0 aliphatic heterocycles. The summed E-state index contributed by atoms with van der Waals surface area (Å²) < 4.78 is 0. The van der Waals surface area contributed by atoms with Crippen molar-refractivity contribution in [2.24, 2.45) is 5.73 Å². The van der Waals surface area contributed by atoms with Crippen LogP contribution in [0.2, 0.25) is 0 Å². The molecule has 0 bridgehead atoms. The highest BCUT2D eigenvalue weighted by molar-refractivity contribution is 5.80. The van der Waals surface area contributed by atoms with Crippen LogP contribution in [0.15, 0.2) is 48.8 Å². The van der Waals surface area contributed by atoms with E-state index >= 15 is 0 Å². The number of carbonyl (C=O) groups is 6. The molecule has 2 rings (SSSR count). The van der Waals surface area contributed by atoms with Crippen molar-refractivity contribution in [3.05, 3.63) is 65.5 Å². The monoisotopic (exact) mass is 675 g/mol. The van der Waals surface area contributed by atoms with Gasteiger partial charge in [-0.2, -0.15) is 0 Å². The number of carboxylic acids is 4. The lowest BCUT2D eigenvalue weighted by molar-refractivity contribution is -0.143. The van der Waals surface area contributed by atoms with Crippen molar-refractivity contribution in [1.29, 1.82) is 0 Å². The van der Waals surface area contributed by atoms with E-state index in [1.165, 1.54) is 0 Å². The zero-order valence-electron chi connectivity index (χ0n) is 26.2. The van der Waals surface area contributed by atoms with Crippen molar-refractivity contribution in [3.8, 4) is 0 Å². The number of hydroxylamine groups is 1. The third-order valence-corrected chi connectivity index (χ3v) is 6.71. The predicted molar refractivity (Wildman–Crippen MR) is 167 cm³/mol. The molecule has 0 spiro atoms. The quantitative estimate of drug-likeness (QED) is 0.0597. The van der Waals surface area contributed by atoms with Gasteiger partial charge in [-0.05, 0) is 29.2 Å². The Balaban J connectivity index is 1.90. The Morgan fingerprint density at radius 3 is 1.69 bits per heavy atom. The number of nitrogens with one attached hydrogen (secondary N) is 2. The van der Waals surface area contributed by atoms with E-state index in [-0.39, 0.29) is 45.9 Å². The number of nitrogens with zero attached hydrogens (tertiary/aromatic N) is 4. The van der Waals surface area contributed by atoms with E-state index in [1.54, 1.807) is 47.6 Å². The summed E-state index contributed by atoms with van der Waals surface area (Å²) in [5.41, 5.74) is 10.5. The van der Waals surface area contributed by atoms with Gasteiger partial charge in [-0.1, -0.05) is 30.3 Å². The summed E-state index contributed by atoms with van der Waals surface area (Å²) in [5.74, 6) is -5.87. The van der Waals surface area contributed by atoms with Gasteiger partial charge in [0.05, 0.1) is 45.4 Å².